The van der Waals surface area contributed by atoms with Crippen LogP contribution < -0.4 is 5.32 Å². The maximum Gasteiger partial charge on any atom is 0.178 e. The molecule has 0 aromatic carbocycles. The van der Waals surface area contributed by atoms with Crippen molar-refractivity contribution in [3.8, 4) is 0 Å². The Morgan fingerprint density at radius 1 is 1.42 bits per heavy atom. The van der Waals surface area contributed by atoms with E-state index in [2.05, 4.69) is 27.2 Å². The minimum absolute atomic E-state index is 0.556. The van der Waals surface area contributed by atoms with Gasteiger partial charge in [0.15, 0.2) is 11.5 Å². The van der Waals surface area contributed by atoms with Gasteiger partial charge in [0.2, 0.25) is 0 Å². The monoisotopic (exact) mass is 275 g/mol. The maximum atomic E-state index is 4.57. The summed E-state index contributed by atoms with van der Waals surface area (Å²) in [7, 11) is 0. The molecule has 0 unspecified atom stereocenters. The van der Waals surface area contributed by atoms with Crippen LogP contribution >= 0.6 is 11.8 Å². The molecule has 2 heterocycles. The molecule has 1 aliphatic carbocycles. The highest BCUT2D eigenvalue weighted by atomic mass is 32.2. The number of anilines is 1. The number of nitrogens with one attached hydrogen (secondary N) is 1. The average molecular weight is 275 g/mol. The highest BCUT2D eigenvalue weighted by molar-refractivity contribution is 7.99. The summed E-state index contributed by atoms with van der Waals surface area (Å²) in [5.41, 5.74) is 0.827. The van der Waals surface area contributed by atoms with Gasteiger partial charge in [-0.15, -0.1) is 21.9 Å². The fourth-order valence-electron chi connectivity index (χ4n) is 1.91. The zero-order chi connectivity index (χ0) is 13.1. The van der Waals surface area contributed by atoms with Gasteiger partial charge in [-0.3, -0.25) is 0 Å². The quantitative estimate of drug-likeness (QED) is 0.621. The molecule has 1 fully saturated rings. The van der Waals surface area contributed by atoms with Crippen molar-refractivity contribution in [1.29, 1.82) is 0 Å². The summed E-state index contributed by atoms with van der Waals surface area (Å²) in [6.45, 7) is 4.61. The van der Waals surface area contributed by atoms with Crippen molar-refractivity contribution in [2.45, 2.75) is 18.8 Å². The second-order valence-corrected chi connectivity index (χ2v) is 5.76. The molecule has 2 aromatic rings. The van der Waals surface area contributed by atoms with Crippen LogP contribution in [0.3, 0.4) is 0 Å². The van der Waals surface area contributed by atoms with E-state index in [1.165, 1.54) is 12.8 Å². The molecule has 0 atom stereocenters. The number of thioether (sulfide) groups is 1. The Morgan fingerprint density at radius 2 is 2.32 bits per heavy atom. The zero-order valence-electron chi connectivity index (χ0n) is 10.7. The van der Waals surface area contributed by atoms with Crippen LogP contribution in [0.25, 0.3) is 5.65 Å². The molecule has 1 saturated carbocycles. The van der Waals surface area contributed by atoms with E-state index in [0.29, 0.717) is 5.92 Å². The van der Waals surface area contributed by atoms with Crippen molar-refractivity contribution >= 4 is 23.2 Å². The predicted molar refractivity (Wildman–Crippen MR) is 78.8 cm³/mol. The molecule has 1 aliphatic rings. The SMILES string of the molecule is C=CCSCCNc1ccc2nnc(C3CC3)n2n1. The first-order valence-corrected chi connectivity index (χ1v) is 7.69. The molecule has 3 rings (SSSR count). The molecule has 0 spiro atoms. The van der Waals surface area contributed by atoms with Crippen LogP contribution in [0, 0.1) is 0 Å². The molecule has 0 radical (unpaired) electrons. The van der Waals surface area contributed by atoms with Crippen LogP contribution in [0.5, 0.6) is 0 Å². The van der Waals surface area contributed by atoms with Gasteiger partial charge < -0.3 is 5.32 Å². The van der Waals surface area contributed by atoms with E-state index in [-0.39, 0.29) is 0 Å². The number of rotatable bonds is 7. The number of aromatic nitrogens is 4. The summed E-state index contributed by atoms with van der Waals surface area (Å²) in [6.07, 6.45) is 4.34. The third-order valence-corrected chi connectivity index (χ3v) is 3.98. The fraction of sp³-hybridized carbons (Fsp3) is 0.462. The van der Waals surface area contributed by atoms with Gasteiger partial charge in [0.05, 0.1) is 0 Å². The van der Waals surface area contributed by atoms with Gasteiger partial charge >= 0.3 is 0 Å². The van der Waals surface area contributed by atoms with Gasteiger partial charge in [0, 0.05) is 24.0 Å². The molecule has 19 heavy (non-hydrogen) atoms. The lowest BCUT2D eigenvalue weighted by Gasteiger charge is -2.05. The van der Waals surface area contributed by atoms with Gasteiger partial charge in [-0.25, -0.2) is 0 Å². The second kappa shape index (κ2) is 5.61. The third kappa shape index (κ3) is 2.89. The first kappa shape index (κ1) is 12.5. The average Bonchev–Trinajstić information content (AvgIpc) is 3.19. The van der Waals surface area contributed by atoms with E-state index in [0.717, 1.165) is 35.3 Å². The Kier molecular flexibility index (Phi) is 3.68. The summed E-state index contributed by atoms with van der Waals surface area (Å²) >= 11 is 1.86. The first-order chi connectivity index (χ1) is 9.38. The molecular weight excluding hydrogens is 258 g/mol. The first-order valence-electron chi connectivity index (χ1n) is 6.53. The van der Waals surface area contributed by atoms with Crippen molar-refractivity contribution in [2.24, 2.45) is 0 Å². The van der Waals surface area contributed by atoms with Crippen LogP contribution in [0.1, 0.15) is 24.6 Å². The largest absolute Gasteiger partial charge is 0.368 e. The van der Waals surface area contributed by atoms with Crippen LogP contribution in [-0.4, -0.2) is 37.9 Å². The van der Waals surface area contributed by atoms with Crippen molar-refractivity contribution in [1.82, 2.24) is 19.8 Å². The summed E-state index contributed by atoms with van der Waals surface area (Å²) in [5, 5.41) is 16.3. The van der Waals surface area contributed by atoms with Crippen LogP contribution in [0.2, 0.25) is 0 Å². The van der Waals surface area contributed by atoms with Crippen molar-refractivity contribution < 1.29 is 0 Å². The molecule has 100 valence electrons. The van der Waals surface area contributed by atoms with E-state index >= 15 is 0 Å². The standard InChI is InChI=1S/C13H17N5S/c1-2-8-19-9-7-14-11-5-6-12-15-16-13(10-3-4-10)18(12)17-11/h2,5-6,10H,1,3-4,7-9H2,(H,14,17). The Balaban J connectivity index is 1.66. The number of fused-ring (bicyclic) bond motifs is 1. The molecule has 1 N–H and O–H groups in total. The molecule has 2 aromatic heterocycles. The van der Waals surface area contributed by atoms with Crippen LogP contribution in [0.4, 0.5) is 5.82 Å². The van der Waals surface area contributed by atoms with Crippen LogP contribution in [-0.2, 0) is 0 Å². The van der Waals surface area contributed by atoms with E-state index in [1.54, 1.807) is 0 Å². The summed E-state index contributed by atoms with van der Waals surface area (Å²) in [4.78, 5) is 0. The topological polar surface area (TPSA) is 55.1 Å². The van der Waals surface area contributed by atoms with E-state index in [9.17, 15) is 0 Å². The minimum Gasteiger partial charge on any atom is -0.368 e. The lowest BCUT2D eigenvalue weighted by Crippen LogP contribution is -2.08. The Hall–Kier alpha value is -1.56. The van der Waals surface area contributed by atoms with E-state index in [4.69, 9.17) is 0 Å². The van der Waals surface area contributed by atoms with E-state index < -0.39 is 0 Å². The summed E-state index contributed by atoms with van der Waals surface area (Å²) in [5.74, 6) is 4.48. The maximum absolute atomic E-state index is 4.57. The normalized spacial score (nSPS) is 14.7. The van der Waals surface area contributed by atoms with Gasteiger partial charge in [-0.1, -0.05) is 6.08 Å². The highest BCUT2D eigenvalue weighted by Crippen LogP contribution is 2.38. The Labute approximate surface area is 116 Å². The molecule has 5 nitrogen and oxygen atoms in total. The summed E-state index contributed by atoms with van der Waals surface area (Å²) < 4.78 is 1.87. The smallest absolute Gasteiger partial charge is 0.178 e. The number of nitrogens with zero attached hydrogens (tertiary/aromatic N) is 4. The Bertz CT molecular complexity index is 575. The van der Waals surface area contributed by atoms with Crippen LogP contribution in [0.15, 0.2) is 24.8 Å². The second-order valence-electron chi connectivity index (χ2n) is 4.61. The predicted octanol–water partition coefficient (Wildman–Crippen LogP) is 2.33. The Morgan fingerprint density at radius 3 is 3.11 bits per heavy atom. The van der Waals surface area contributed by atoms with E-state index in [1.807, 2.05) is 34.5 Å². The lowest BCUT2D eigenvalue weighted by atomic mass is 10.4. The third-order valence-electron chi connectivity index (χ3n) is 3.02. The fourth-order valence-corrected chi connectivity index (χ4v) is 2.49. The van der Waals surface area contributed by atoms with Gasteiger partial charge in [-0.2, -0.15) is 16.3 Å². The zero-order valence-corrected chi connectivity index (χ0v) is 11.6. The van der Waals surface area contributed by atoms with Crippen molar-refractivity contribution in [3.63, 3.8) is 0 Å². The molecule has 0 amide bonds. The number of hydrogen-bond acceptors (Lipinski definition) is 5. The molecule has 6 heteroatoms. The molecule has 0 bridgehead atoms. The highest BCUT2D eigenvalue weighted by Gasteiger charge is 2.29. The molecular formula is C13H17N5S. The van der Waals surface area contributed by atoms with Crippen molar-refractivity contribution in [3.05, 3.63) is 30.6 Å². The van der Waals surface area contributed by atoms with Crippen molar-refractivity contribution in [2.75, 3.05) is 23.4 Å². The number of hydrogen-bond donors (Lipinski definition) is 1. The van der Waals surface area contributed by atoms with Gasteiger partial charge in [-0.05, 0) is 25.0 Å². The lowest BCUT2D eigenvalue weighted by molar-refractivity contribution is 0.815. The summed E-state index contributed by atoms with van der Waals surface area (Å²) in [6, 6.07) is 3.92. The minimum atomic E-state index is 0.556. The van der Waals surface area contributed by atoms with Gasteiger partial charge in [0.1, 0.15) is 5.82 Å². The molecule has 0 saturated heterocycles. The van der Waals surface area contributed by atoms with Gasteiger partial charge in [0.25, 0.3) is 0 Å². The molecule has 0 aliphatic heterocycles.